The summed E-state index contributed by atoms with van der Waals surface area (Å²) in [5.74, 6) is -0.215. The maximum Gasteiger partial charge on any atom is 0.407 e. The Bertz CT molecular complexity index is 770. The van der Waals surface area contributed by atoms with Gasteiger partial charge < -0.3 is 19.6 Å². The number of nitrogens with one attached hydrogen (secondary N) is 1. The number of methoxy groups -OCH3 is 1. The van der Waals surface area contributed by atoms with Gasteiger partial charge in [-0.25, -0.2) is 9.59 Å². The predicted octanol–water partition coefficient (Wildman–Crippen LogP) is 2.93. The molecule has 0 saturated heterocycles. The molecule has 1 aromatic rings. The van der Waals surface area contributed by atoms with Crippen molar-refractivity contribution in [2.45, 2.75) is 66.3 Å². The largest absolute Gasteiger partial charge is 0.453 e. The maximum atomic E-state index is 12.5. The molecule has 0 aliphatic heterocycles. The number of ether oxygens (including phenoxy) is 2. The molecule has 0 bridgehead atoms. The van der Waals surface area contributed by atoms with Gasteiger partial charge in [0.25, 0.3) is 0 Å². The van der Waals surface area contributed by atoms with Crippen LogP contribution in [0.15, 0.2) is 0 Å². The molecule has 146 valence electrons. The third-order valence-corrected chi connectivity index (χ3v) is 5.00. The van der Waals surface area contributed by atoms with Crippen molar-refractivity contribution in [2.75, 3.05) is 7.11 Å². The Kier molecular flexibility index (Phi) is 7.23. The SMILES string of the molecule is [B]C(=O)CC(C)(C)c1c(C)c(C)c(C)c(C)c1OC(=O)C(C)NC(=O)OC. The second-order valence-electron chi connectivity index (χ2n) is 7.51. The number of carbonyl (C=O) groups excluding carboxylic acids is 3. The predicted molar refractivity (Wildman–Crippen MR) is 104 cm³/mol. The zero-order chi connectivity index (χ0) is 21.1. The number of hydrogen-bond acceptors (Lipinski definition) is 5. The molecule has 1 rings (SSSR count). The molecule has 1 N–H and O–H groups in total. The Labute approximate surface area is 162 Å². The molecule has 2 radical (unpaired) electrons. The minimum atomic E-state index is -0.897. The summed E-state index contributed by atoms with van der Waals surface area (Å²) >= 11 is 0. The van der Waals surface area contributed by atoms with Crippen molar-refractivity contribution in [1.82, 2.24) is 5.32 Å². The zero-order valence-electron chi connectivity index (χ0n) is 17.4. The standard InChI is InChI=1S/C20H28BNO5/c1-10-11(2)13(4)17(27-18(24)14(5)22-19(25)26-8)16(12(10)3)20(6,7)9-15(21)23/h14H,9H2,1-8H3,(H,22,25). The number of rotatable bonds is 6. The van der Waals surface area contributed by atoms with Crippen molar-refractivity contribution in [3.63, 3.8) is 0 Å². The number of esters is 1. The van der Waals surface area contributed by atoms with Gasteiger partial charge in [-0.15, -0.1) is 0 Å². The molecule has 0 spiro atoms. The van der Waals surface area contributed by atoms with E-state index in [0.717, 1.165) is 27.8 Å². The van der Waals surface area contributed by atoms with Gasteiger partial charge in [-0.3, -0.25) is 0 Å². The van der Waals surface area contributed by atoms with E-state index in [0.29, 0.717) is 5.75 Å². The lowest BCUT2D eigenvalue weighted by Crippen LogP contribution is -2.41. The van der Waals surface area contributed by atoms with Crippen LogP contribution >= 0.6 is 0 Å². The lowest BCUT2D eigenvalue weighted by Gasteiger charge is -2.31. The summed E-state index contributed by atoms with van der Waals surface area (Å²) < 4.78 is 10.2. The van der Waals surface area contributed by atoms with Crippen molar-refractivity contribution < 1.29 is 23.9 Å². The molecular formula is C20H28BNO5. The van der Waals surface area contributed by atoms with Gasteiger partial charge in [0.1, 0.15) is 11.8 Å². The molecule has 1 unspecified atom stereocenters. The second kappa shape index (κ2) is 8.59. The van der Waals surface area contributed by atoms with Gasteiger partial charge in [-0.1, -0.05) is 13.8 Å². The van der Waals surface area contributed by atoms with E-state index in [4.69, 9.17) is 12.6 Å². The first-order valence-electron chi connectivity index (χ1n) is 8.78. The van der Waals surface area contributed by atoms with Gasteiger partial charge in [0, 0.05) is 12.0 Å². The van der Waals surface area contributed by atoms with Gasteiger partial charge in [0.05, 0.1) is 12.8 Å². The number of alkyl carbamates (subject to hydrolysis) is 1. The molecule has 0 aliphatic carbocycles. The first kappa shape index (κ1) is 22.7. The summed E-state index contributed by atoms with van der Waals surface area (Å²) in [5.41, 5.74) is 3.52. The topological polar surface area (TPSA) is 81.7 Å². The van der Waals surface area contributed by atoms with E-state index in [1.165, 1.54) is 14.0 Å². The third-order valence-electron chi connectivity index (χ3n) is 5.00. The molecule has 7 heteroatoms. The summed E-state index contributed by atoms with van der Waals surface area (Å²) in [6, 6.07) is -0.897. The van der Waals surface area contributed by atoms with Gasteiger partial charge in [0.2, 0.25) is 0 Å². The molecular weight excluding hydrogens is 345 g/mol. The second-order valence-corrected chi connectivity index (χ2v) is 7.51. The van der Waals surface area contributed by atoms with E-state index in [1.54, 1.807) is 0 Å². The van der Waals surface area contributed by atoms with E-state index in [1.807, 2.05) is 41.5 Å². The first-order valence-corrected chi connectivity index (χ1v) is 8.78. The number of hydrogen-bond donors (Lipinski definition) is 1. The van der Waals surface area contributed by atoms with Crippen LogP contribution in [0.2, 0.25) is 0 Å². The highest BCUT2D eigenvalue weighted by Gasteiger charge is 2.32. The van der Waals surface area contributed by atoms with Crippen molar-refractivity contribution in [3.05, 3.63) is 27.8 Å². The van der Waals surface area contributed by atoms with E-state index < -0.39 is 29.2 Å². The average molecular weight is 373 g/mol. The molecule has 0 aromatic heterocycles. The maximum absolute atomic E-state index is 12.5. The Morgan fingerprint density at radius 3 is 2.04 bits per heavy atom. The molecule has 0 saturated carbocycles. The molecule has 0 heterocycles. The van der Waals surface area contributed by atoms with E-state index >= 15 is 0 Å². The van der Waals surface area contributed by atoms with E-state index in [9.17, 15) is 14.4 Å². The summed E-state index contributed by atoms with van der Waals surface area (Å²) in [5, 5.41) is 2.39. The Morgan fingerprint density at radius 1 is 1.04 bits per heavy atom. The van der Waals surface area contributed by atoms with Gasteiger partial charge in [-0.05, 0) is 62.3 Å². The normalized spacial score (nSPS) is 12.3. The summed E-state index contributed by atoms with van der Waals surface area (Å²) in [4.78, 5) is 35.5. The van der Waals surface area contributed by atoms with Crippen molar-refractivity contribution >= 4 is 25.6 Å². The number of benzene rings is 1. The van der Waals surface area contributed by atoms with Crippen LogP contribution in [0.25, 0.3) is 0 Å². The van der Waals surface area contributed by atoms with Crippen LogP contribution in [0.5, 0.6) is 5.75 Å². The smallest absolute Gasteiger partial charge is 0.407 e. The van der Waals surface area contributed by atoms with Crippen LogP contribution in [-0.4, -0.2) is 38.7 Å². The molecule has 6 nitrogen and oxygen atoms in total. The highest BCUT2D eigenvalue weighted by Crippen LogP contribution is 2.42. The lowest BCUT2D eigenvalue weighted by molar-refractivity contribution is -0.136. The minimum Gasteiger partial charge on any atom is -0.453 e. The van der Waals surface area contributed by atoms with Gasteiger partial charge in [0.15, 0.2) is 7.85 Å². The van der Waals surface area contributed by atoms with Crippen molar-refractivity contribution in [3.8, 4) is 5.75 Å². The Morgan fingerprint density at radius 2 is 1.56 bits per heavy atom. The summed E-state index contributed by atoms with van der Waals surface area (Å²) in [7, 11) is 6.65. The van der Waals surface area contributed by atoms with Crippen LogP contribution in [-0.2, 0) is 19.7 Å². The van der Waals surface area contributed by atoms with E-state index in [-0.39, 0.29) is 6.42 Å². The van der Waals surface area contributed by atoms with E-state index in [2.05, 4.69) is 10.1 Å². The quantitative estimate of drug-likeness (QED) is 0.471. The third kappa shape index (κ3) is 5.11. The van der Waals surface area contributed by atoms with Crippen molar-refractivity contribution in [1.29, 1.82) is 0 Å². The van der Waals surface area contributed by atoms with Crippen LogP contribution in [0.4, 0.5) is 4.79 Å². The van der Waals surface area contributed by atoms with Crippen LogP contribution in [0.3, 0.4) is 0 Å². The van der Waals surface area contributed by atoms with Gasteiger partial charge >= 0.3 is 12.1 Å². The molecule has 1 atom stereocenters. The average Bonchev–Trinajstić information content (AvgIpc) is 2.55. The number of amides is 1. The Balaban J connectivity index is 3.47. The highest BCUT2D eigenvalue weighted by atomic mass is 16.5. The van der Waals surface area contributed by atoms with Crippen LogP contribution < -0.4 is 10.1 Å². The molecule has 0 fully saturated rings. The Hall–Kier alpha value is -2.31. The molecule has 27 heavy (non-hydrogen) atoms. The monoisotopic (exact) mass is 373 g/mol. The first-order chi connectivity index (χ1) is 12.3. The molecule has 1 aromatic carbocycles. The summed E-state index contributed by atoms with van der Waals surface area (Å²) in [6.45, 7) is 13.0. The lowest BCUT2D eigenvalue weighted by atomic mass is 9.72. The van der Waals surface area contributed by atoms with Crippen LogP contribution in [0.1, 0.15) is 55.0 Å². The van der Waals surface area contributed by atoms with Crippen LogP contribution in [0, 0.1) is 27.7 Å². The fraction of sp³-hybridized carbons (Fsp3) is 0.550. The van der Waals surface area contributed by atoms with Crippen molar-refractivity contribution in [2.24, 2.45) is 0 Å². The fourth-order valence-electron chi connectivity index (χ4n) is 3.23. The minimum absolute atomic E-state index is 0.107. The fourth-order valence-corrected chi connectivity index (χ4v) is 3.23. The highest BCUT2D eigenvalue weighted by molar-refractivity contribution is 6.57. The molecule has 0 aliphatic rings. The molecule has 1 amide bonds. The zero-order valence-corrected chi connectivity index (χ0v) is 17.4. The van der Waals surface area contributed by atoms with Gasteiger partial charge in [-0.2, -0.15) is 0 Å². The summed E-state index contributed by atoms with van der Waals surface area (Å²) in [6.07, 6.45) is -0.613. The number of carbonyl (C=O) groups is 3.